The van der Waals surface area contributed by atoms with E-state index in [9.17, 15) is 4.79 Å². The summed E-state index contributed by atoms with van der Waals surface area (Å²) < 4.78 is 22.1. The van der Waals surface area contributed by atoms with Crippen molar-refractivity contribution in [3.05, 3.63) is 64.7 Å². The van der Waals surface area contributed by atoms with Crippen molar-refractivity contribution in [3.63, 3.8) is 0 Å². The molecule has 1 heterocycles. The maximum Gasteiger partial charge on any atom is 0.335 e. The first-order valence-electron chi connectivity index (χ1n) is 9.89. The molecule has 1 unspecified atom stereocenters. The molecule has 0 saturated heterocycles. The fourth-order valence-corrected chi connectivity index (χ4v) is 2.90. The molecule has 0 bridgehead atoms. The highest BCUT2D eigenvalue weighted by atomic mass is 32.2. The molecule has 0 fully saturated rings. The Morgan fingerprint density at radius 1 is 1.20 bits per heavy atom. The molecule has 2 aromatic rings. The number of hydrogen-bond donors (Lipinski definition) is 0. The Morgan fingerprint density at radius 2 is 1.97 bits per heavy atom. The standard InChI is InChI=1S/C23H29NO5S/c1-5-26-21(23(25)27-6-2)15-18-10-12-19(13-11-18)28-16-20-17(3)29-22(24-20)9-7-8-14-30-4/h7-14,21H,5-6,15-16H2,1-4H3/b9-7+,14-8-. The van der Waals surface area contributed by atoms with Crippen LogP contribution in [0.15, 0.2) is 46.2 Å². The molecule has 162 valence electrons. The van der Waals surface area contributed by atoms with Gasteiger partial charge in [-0.2, -0.15) is 0 Å². The lowest BCUT2D eigenvalue weighted by Crippen LogP contribution is -2.28. The molecule has 0 aliphatic heterocycles. The number of carbonyl (C=O) groups excluding carboxylic acids is 1. The molecule has 0 aliphatic rings. The van der Waals surface area contributed by atoms with Crippen LogP contribution in [-0.4, -0.2) is 36.5 Å². The number of hydrogen-bond acceptors (Lipinski definition) is 7. The molecular weight excluding hydrogens is 402 g/mol. The lowest BCUT2D eigenvalue weighted by molar-refractivity contribution is -0.156. The van der Waals surface area contributed by atoms with Crippen LogP contribution >= 0.6 is 11.8 Å². The molecule has 7 heteroatoms. The van der Waals surface area contributed by atoms with E-state index in [1.807, 2.05) is 68.0 Å². The van der Waals surface area contributed by atoms with Crippen LogP contribution < -0.4 is 4.74 Å². The molecule has 2 rings (SSSR count). The number of rotatable bonds is 12. The van der Waals surface area contributed by atoms with Crippen molar-refractivity contribution in [2.75, 3.05) is 19.5 Å². The third-order valence-electron chi connectivity index (χ3n) is 4.11. The second-order valence-electron chi connectivity index (χ2n) is 6.31. The van der Waals surface area contributed by atoms with E-state index < -0.39 is 6.10 Å². The van der Waals surface area contributed by atoms with Crippen molar-refractivity contribution in [3.8, 4) is 5.75 Å². The highest BCUT2D eigenvalue weighted by Gasteiger charge is 2.20. The molecular formula is C23H29NO5S. The van der Waals surface area contributed by atoms with Gasteiger partial charge in [-0.3, -0.25) is 0 Å². The average Bonchev–Trinajstić information content (AvgIpc) is 3.10. The Bertz CT molecular complexity index is 842. The van der Waals surface area contributed by atoms with Gasteiger partial charge in [0.2, 0.25) is 5.89 Å². The molecule has 1 aromatic heterocycles. The summed E-state index contributed by atoms with van der Waals surface area (Å²) in [4.78, 5) is 16.4. The molecule has 0 amide bonds. The first-order chi connectivity index (χ1) is 14.6. The van der Waals surface area contributed by atoms with E-state index in [1.165, 1.54) is 0 Å². The van der Waals surface area contributed by atoms with Crippen molar-refractivity contribution in [1.29, 1.82) is 0 Å². The van der Waals surface area contributed by atoms with Gasteiger partial charge in [0.15, 0.2) is 6.10 Å². The second kappa shape index (κ2) is 12.9. The van der Waals surface area contributed by atoms with E-state index in [1.54, 1.807) is 18.7 Å². The summed E-state index contributed by atoms with van der Waals surface area (Å²) in [5.41, 5.74) is 1.73. The monoisotopic (exact) mass is 431 g/mol. The van der Waals surface area contributed by atoms with E-state index in [-0.39, 0.29) is 5.97 Å². The highest BCUT2D eigenvalue weighted by molar-refractivity contribution is 8.01. The van der Waals surface area contributed by atoms with Gasteiger partial charge in [0, 0.05) is 19.1 Å². The highest BCUT2D eigenvalue weighted by Crippen LogP contribution is 2.18. The Kier molecular flexibility index (Phi) is 10.2. The molecule has 6 nitrogen and oxygen atoms in total. The van der Waals surface area contributed by atoms with Crippen LogP contribution in [0.3, 0.4) is 0 Å². The van der Waals surface area contributed by atoms with Crippen molar-refractivity contribution in [1.82, 2.24) is 4.98 Å². The predicted octanol–water partition coefficient (Wildman–Crippen LogP) is 4.96. The number of oxazole rings is 1. The zero-order chi connectivity index (χ0) is 21.8. The quantitative estimate of drug-likeness (QED) is 0.347. The summed E-state index contributed by atoms with van der Waals surface area (Å²) in [5, 5.41) is 1.98. The zero-order valence-electron chi connectivity index (χ0n) is 17.9. The lowest BCUT2D eigenvalue weighted by atomic mass is 10.1. The van der Waals surface area contributed by atoms with Gasteiger partial charge in [0.25, 0.3) is 0 Å². The number of nitrogens with zero attached hydrogens (tertiary/aromatic N) is 1. The van der Waals surface area contributed by atoms with Gasteiger partial charge in [-0.05, 0) is 50.1 Å². The van der Waals surface area contributed by atoms with Crippen LogP contribution in [0, 0.1) is 6.92 Å². The summed E-state index contributed by atoms with van der Waals surface area (Å²) >= 11 is 1.63. The molecule has 30 heavy (non-hydrogen) atoms. The SMILES string of the molecule is CCOC(=O)C(Cc1ccc(OCc2nc(/C=C/C=C\SC)oc2C)cc1)OCC. The second-order valence-corrected chi connectivity index (χ2v) is 7.05. The summed E-state index contributed by atoms with van der Waals surface area (Å²) in [6, 6.07) is 7.57. The van der Waals surface area contributed by atoms with Crippen LogP contribution in [-0.2, 0) is 27.3 Å². The van der Waals surface area contributed by atoms with Crippen LogP contribution in [0.1, 0.15) is 36.8 Å². The summed E-state index contributed by atoms with van der Waals surface area (Å²) in [5.74, 6) is 1.66. The number of benzene rings is 1. The van der Waals surface area contributed by atoms with Gasteiger partial charge in [-0.25, -0.2) is 9.78 Å². The minimum absolute atomic E-state index is 0.313. The van der Waals surface area contributed by atoms with Gasteiger partial charge < -0.3 is 18.6 Å². The Balaban J connectivity index is 1.93. The number of esters is 1. The fourth-order valence-electron chi connectivity index (χ4n) is 2.65. The van der Waals surface area contributed by atoms with Gasteiger partial charge in [0.05, 0.1) is 6.61 Å². The van der Waals surface area contributed by atoms with Crippen molar-refractivity contribution in [2.24, 2.45) is 0 Å². The number of allylic oxidation sites excluding steroid dienone is 2. The van der Waals surface area contributed by atoms with Gasteiger partial charge in [-0.15, -0.1) is 11.8 Å². The number of thioether (sulfide) groups is 1. The number of aromatic nitrogens is 1. The van der Waals surface area contributed by atoms with Gasteiger partial charge >= 0.3 is 5.97 Å². The summed E-state index contributed by atoms with van der Waals surface area (Å²) in [6.45, 7) is 6.61. The third kappa shape index (κ3) is 7.72. The zero-order valence-corrected chi connectivity index (χ0v) is 18.7. The normalized spacial score (nSPS) is 12.5. The molecule has 0 N–H and O–H groups in total. The van der Waals surface area contributed by atoms with E-state index in [2.05, 4.69) is 4.98 Å². The topological polar surface area (TPSA) is 70.8 Å². The molecule has 0 radical (unpaired) electrons. The first kappa shape index (κ1) is 23.8. The molecule has 0 aliphatic carbocycles. The van der Waals surface area contributed by atoms with E-state index in [0.717, 1.165) is 17.0 Å². The Hall–Kier alpha value is -2.51. The van der Waals surface area contributed by atoms with Crippen LogP contribution in [0.5, 0.6) is 5.75 Å². The van der Waals surface area contributed by atoms with Gasteiger partial charge in [0.1, 0.15) is 23.8 Å². The predicted molar refractivity (Wildman–Crippen MR) is 119 cm³/mol. The van der Waals surface area contributed by atoms with Crippen LogP contribution in [0.4, 0.5) is 0 Å². The van der Waals surface area contributed by atoms with E-state index in [4.69, 9.17) is 18.6 Å². The number of aryl methyl sites for hydroxylation is 1. The van der Waals surface area contributed by atoms with Crippen molar-refractivity contribution < 1.29 is 23.4 Å². The van der Waals surface area contributed by atoms with E-state index >= 15 is 0 Å². The smallest absolute Gasteiger partial charge is 0.335 e. The minimum Gasteiger partial charge on any atom is -0.487 e. The maximum atomic E-state index is 12.0. The fraction of sp³-hybridized carbons (Fsp3) is 0.391. The Morgan fingerprint density at radius 3 is 2.63 bits per heavy atom. The van der Waals surface area contributed by atoms with E-state index in [0.29, 0.717) is 37.9 Å². The first-order valence-corrected chi connectivity index (χ1v) is 11.2. The van der Waals surface area contributed by atoms with Gasteiger partial charge in [-0.1, -0.05) is 24.3 Å². The lowest BCUT2D eigenvalue weighted by Gasteiger charge is -2.15. The van der Waals surface area contributed by atoms with Crippen LogP contribution in [0.2, 0.25) is 0 Å². The van der Waals surface area contributed by atoms with Crippen molar-refractivity contribution >= 4 is 23.8 Å². The maximum absolute atomic E-state index is 12.0. The van der Waals surface area contributed by atoms with Crippen LogP contribution in [0.25, 0.3) is 6.08 Å². The largest absolute Gasteiger partial charge is 0.487 e. The van der Waals surface area contributed by atoms with Crippen molar-refractivity contribution in [2.45, 2.75) is 39.9 Å². The molecule has 1 aromatic carbocycles. The molecule has 0 spiro atoms. The average molecular weight is 432 g/mol. The number of ether oxygens (including phenoxy) is 3. The minimum atomic E-state index is -0.600. The number of carbonyl (C=O) groups is 1. The third-order valence-corrected chi connectivity index (χ3v) is 4.54. The summed E-state index contributed by atoms with van der Waals surface area (Å²) in [6.07, 6.45) is 7.49. The molecule has 0 saturated carbocycles. The molecule has 1 atom stereocenters. The summed E-state index contributed by atoms with van der Waals surface area (Å²) in [7, 11) is 0. The Labute approximate surface area is 182 Å².